The average molecular weight is 265 g/mol. The van der Waals surface area contributed by atoms with Crippen molar-refractivity contribution in [3.8, 4) is 0 Å². The van der Waals surface area contributed by atoms with Crippen molar-refractivity contribution < 1.29 is 4.79 Å². The van der Waals surface area contributed by atoms with Crippen LogP contribution in [0.5, 0.6) is 0 Å². The molecule has 0 fully saturated rings. The number of anilines is 1. The normalized spacial score (nSPS) is 11.7. The quantitative estimate of drug-likeness (QED) is 0.758. The van der Waals surface area contributed by atoms with Gasteiger partial charge >= 0.3 is 0 Å². The van der Waals surface area contributed by atoms with Crippen LogP contribution in [0.15, 0.2) is 67.3 Å². The Morgan fingerprint density at radius 1 is 1.10 bits per heavy atom. The zero-order valence-electron chi connectivity index (χ0n) is 11.9. The monoisotopic (exact) mass is 265 g/mol. The second-order valence-electron chi connectivity index (χ2n) is 4.85. The van der Waals surface area contributed by atoms with Gasteiger partial charge in [-0.25, -0.2) is 0 Å². The third kappa shape index (κ3) is 2.97. The molecular weight excluding hydrogens is 246 g/mol. The predicted molar refractivity (Wildman–Crippen MR) is 84.1 cm³/mol. The molecule has 2 rings (SSSR count). The Morgan fingerprint density at radius 2 is 1.70 bits per heavy atom. The summed E-state index contributed by atoms with van der Waals surface area (Å²) < 4.78 is 0. The Labute approximate surface area is 120 Å². The van der Waals surface area contributed by atoms with Crippen LogP contribution < -0.4 is 4.90 Å². The largest absolute Gasteiger partial charge is 0.302 e. The maximum absolute atomic E-state index is 12.7. The number of aryl methyl sites for hydroxylation is 1. The molecule has 0 radical (unpaired) electrons. The maximum Gasteiger partial charge on any atom is 0.258 e. The lowest BCUT2D eigenvalue weighted by Crippen LogP contribution is -2.37. The van der Waals surface area contributed by atoms with E-state index in [0.29, 0.717) is 5.56 Å². The molecule has 0 saturated carbocycles. The van der Waals surface area contributed by atoms with Crippen molar-refractivity contribution in [2.45, 2.75) is 19.9 Å². The number of amides is 1. The van der Waals surface area contributed by atoms with Crippen LogP contribution in [0.3, 0.4) is 0 Å². The second kappa shape index (κ2) is 6.20. The molecule has 0 saturated heterocycles. The molecule has 1 atom stereocenters. The van der Waals surface area contributed by atoms with Gasteiger partial charge in [0.15, 0.2) is 0 Å². The number of benzene rings is 2. The summed E-state index contributed by atoms with van der Waals surface area (Å²) in [4.78, 5) is 14.5. The van der Waals surface area contributed by atoms with E-state index in [2.05, 4.69) is 6.58 Å². The first-order valence-electron chi connectivity index (χ1n) is 6.71. The SMILES string of the molecule is C=C[C@@H](C)N(C(=O)c1ccccc1)c1ccc(C)cc1. The lowest BCUT2D eigenvalue weighted by Gasteiger charge is -2.27. The fraction of sp³-hybridized carbons (Fsp3) is 0.167. The minimum Gasteiger partial charge on any atom is -0.302 e. The minimum absolute atomic E-state index is 0.0122. The summed E-state index contributed by atoms with van der Waals surface area (Å²) in [6, 6.07) is 17.2. The lowest BCUT2D eigenvalue weighted by atomic mass is 10.1. The number of hydrogen-bond donors (Lipinski definition) is 0. The summed E-state index contributed by atoms with van der Waals surface area (Å²) in [5.41, 5.74) is 2.74. The topological polar surface area (TPSA) is 20.3 Å². The predicted octanol–water partition coefficient (Wildman–Crippen LogP) is 4.22. The van der Waals surface area contributed by atoms with E-state index in [1.807, 2.05) is 68.4 Å². The van der Waals surface area contributed by atoms with Gasteiger partial charge in [0.05, 0.1) is 6.04 Å². The van der Waals surface area contributed by atoms with Crippen molar-refractivity contribution in [2.24, 2.45) is 0 Å². The molecule has 0 bridgehead atoms. The fourth-order valence-electron chi connectivity index (χ4n) is 2.07. The molecule has 0 aliphatic heterocycles. The molecule has 0 unspecified atom stereocenters. The maximum atomic E-state index is 12.7. The van der Waals surface area contributed by atoms with Gasteiger partial charge in [-0.1, -0.05) is 42.0 Å². The molecule has 0 aliphatic rings. The van der Waals surface area contributed by atoms with Gasteiger partial charge in [-0.3, -0.25) is 4.79 Å². The van der Waals surface area contributed by atoms with Gasteiger partial charge in [0.2, 0.25) is 0 Å². The summed E-state index contributed by atoms with van der Waals surface area (Å²) in [5, 5.41) is 0. The highest BCUT2D eigenvalue weighted by atomic mass is 16.2. The van der Waals surface area contributed by atoms with Crippen LogP contribution in [0.2, 0.25) is 0 Å². The third-order valence-corrected chi connectivity index (χ3v) is 3.30. The fourth-order valence-corrected chi connectivity index (χ4v) is 2.07. The van der Waals surface area contributed by atoms with Gasteiger partial charge in [0.25, 0.3) is 5.91 Å². The number of carbonyl (C=O) groups excluding carboxylic acids is 1. The van der Waals surface area contributed by atoms with Crippen molar-refractivity contribution in [3.05, 3.63) is 78.4 Å². The van der Waals surface area contributed by atoms with E-state index in [1.165, 1.54) is 5.56 Å². The Bertz CT molecular complexity index is 587. The van der Waals surface area contributed by atoms with Crippen LogP contribution in [0.4, 0.5) is 5.69 Å². The minimum atomic E-state index is -0.0644. The first kappa shape index (κ1) is 14.1. The van der Waals surface area contributed by atoms with Crippen LogP contribution in [-0.4, -0.2) is 11.9 Å². The Hall–Kier alpha value is -2.35. The Kier molecular flexibility index (Phi) is 4.36. The molecule has 102 valence electrons. The number of carbonyl (C=O) groups is 1. The zero-order chi connectivity index (χ0) is 14.5. The highest BCUT2D eigenvalue weighted by Crippen LogP contribution is 2.21. The third-order valence-electron chi connectivity index (χ3n) is 3.30. The van der Waals surface area contributed by atoms with Crippen LogP contribution in [0, 0.1) is 6.92 Å². The molecule has 1 amide bonds. The molecule has 2 aromatic carbocycles. The van der Waals surface area contributed by atoms with E-state index >= 15 is 0 Å². The summed E-state index contributed by atoms with van der Waals surface area (Å²) in [6.45, 7) is 7.80. The zero-order valence-corrected chi connectivity index (χ0v) is 11.9. The molecule has 0 spiro atoms. The van der Waals surface area contributed by atoms with Gasteiger partial charge < -0.3 is 4.90 Å². The number of rotatable bonds is 4. The first-order chi connectivity index (χ1) is 9.63. The van der Waals surface area contributed by atoms with Crippen molar-refractivity contribution in [1.82, 2.24) is 0 Å². The molecule has 2 aromatic rings. The van der Waals surface area contributed by atoms with Gasteiger partial charge in [-0.15, -0.1) is 6.58 Å². The molecule has 0 heterocycles. The highest BCUT2D eigenvalue weighted by molar-refractivity contribution is 6.06. The van der Waals surface area contributed by atoms with Gasteiger partial charge in [0.1, 0.15) is 0 Å². The van der Waals surface area contributed by atoms with E-state index in [9.17, 15) is 4.79 Å². The Morgan fingerprint density at radius 3 is 2.25 bits per heavy atom. The number of hydrogen-bond acceptors (Lipinski definition) is 1. The van der Waals surface area contributed by atoms with Crippen molar-refractivity contribution in [2.75, 3.05) is 4.90 Å². The van der Waals surface area contributed by atoms with E-state index in [-0.39, 0.29) is 11.9 Å². The van der Waals surface area contributed by atoms with Crippen molar-refractivity contribution in [1.29, 1.82) is 0 Å². The smallest absolute Gasteiger partial charge is 0.258 e. The summed E-state index contributed by atoms with van der Waals surface area (Å²) in [6.07, 6.45) is 1.78. The molecule has 0 aromatic heterocycles. The van der Waals surface area contributed by atoms with E-state index < -0.39 is 0 Å². The first-order valence-corrected chi connectivity index (χ1v) is 6.71. The van der Waals surface area contributed by atoms with Crippen LogP contribution in [0.1, 0.15) is 22.8 Å². The molecule has 2 nitrogen and oxygen atoms in total. The summed E-state index contributed by atoms with van der Waals surface area (Å²) >= 11 is 0. The van der Waals surface area contributed by atoms with Crippen LogP contribution >= 0.6 is 0 Å². The Balaban J connectivity index is 2.40. The highest BCUT2D eigenvalue weighted by Gasteiger charge is 2.21. The van der Waals surface area contributed by atoms with E-state index in [4.69, 9.17) is 0 Å². The van der Waals surface area contributed by atoms with E-state index in [1.54, 1.807) is 11.0 Å². The van der Waals surface area contributed by atoms with E-state index in [0.717, 1.165) is 5.69 Å². The van der Waals surface area contributed by atoms with Crippen LogP contribution in [-0.2, 0) is 0 Å². The van der Waals surface area contributed by atoms with Gasteiger partial charge in [-0.05, 0) is 38.1 Å². The number of nitrogens with zero attached hydrogens (tertiary/aromatic N) is 1. The van der Waals surface area contributed by atoms with Gasteiger partial charge in [0, 0.05) is 11.3 Å². The molecule has 20 heavy (non-hydrogen) atoms. The molecule has 0 aliphatic carbocycles. The van der Waals surface area contributed by atoms with Crippen molar-refractivity contribution >= 4 is 11.6 Å². The van der Waals surface area contributed by atoms with Gasteiger partial charge in [-0.2, -0.15) is 0 Å². The lowest BCUT2D eigenvalue weighted by molar-refractivity contribution is 0.0982. The summed E-state index contributed by atoms with van der Waals surface area (Å²) in [5.74, 6) is -0.0122. The van der Waals surface area contributed by atoms with Crippen molar-refractivity contribution in [3.63, 3.8) is 0 Å². The molecule has 0 N–H and O–H groups in total. The van der Waals surface area contributed by atoms with Crippen LogP contribution in [0.25, 0.3) is 0 Å². The average Bonchev–Trinajstić information content (AvgIpc) is 2.50. The molecular formula is C18H19NO. The second-order valence-corrected chi connectivity index (χ2v) is 4.85. The summed E-state index contributed by atoms with van der Waals surface area (Å²) in [7, 11) is 0. The standard InChI is InChI=1S/C18H19NO/c1-4-15(3)19(17-12-10-14(2)11-13-17)18(20)16-8-6-5-7-9-16/h4-13,15H,1H2,2-3H3/t15-/m1/s1. The molecule has 2 heteroatoms.